The number of rotatable bonds is 6. The SMILES string of the molecule is CC1(OC(=O)N2CCC3(CC2)CC(CCCOc2ccc(C#N)nc2)C3)CC1. The minimum atomic E-state index is -0.177. The number of likely N-dealkylation sites (tertiary alicyclic amines) is 1. The molecule has 1 amide bonds. The fourth-order valence-electron chi connectivity index (χ4n) is 4.59. The molecule has 0 radical (unpaired) electrons. The van der Waals surface area contributed by atoms with Gasteiger partial charge < -0.3 is 14.4 Å². The van der Waals surface area contributed by atoms with Crippen molar-refractivity contribution in [1.29, 1.82) is 5.26 Å². The van der Waals surface area contributed by atoms with Crippen molar-refractivity contribution in [1.82, 2.24) is 9.88 Å². The topological polar surface area (TPSA) is 75.4 Å². The van der Waals surface area contributed by atoms with Crippen molar-refractivity contribution in [3.8, 4) is 11.8 Å². The molecule has 0 atom stereocenters. The second-order valence-corrected chi connectivity index (χ2v) is 9.06. The number of nitrogens with zero attached hydrogens (tertiary/aromatic N) is 3. The molecule has 2 heterocycles. The van der Waals surface area contributed by atoms with Crippen LogP contribution in [0, 0.1) is 22.7 Å². The molecule has 1 aliphatic heterocycles. The summed E-state index contributed by atoms with van der Waals surface area (Å²) in [5.41, 5.74) is 0.695. The van der Waals surface area contributed by atoms with Crippen molar-refractivity contribution in [3.05, 3.63) is 24.0 Å². The summed E-state index contributed by atoms with van der Waals surface area (Å²) in [6, 6.07) is 5.48. The van der Waals surface area contributed by atoms with E-state index in [9.17, 15) is 4.79 Å². The molecule has 1 aromatic heterocycles. The number of amides is 1. The Bertz CT molecular complexity index is 735. The molecule has 0 unspecified atom stereocenters. The Hall–Kier alpha value is -2.29. The molecule has 0 bridgehead atoms. The van der Waals surface area contributed by atoms with Crippen LogP contribution in [0.1, 0.15) is 64.0 Å². The summed E-state index contributed by atoms with van der Waals surface area (Å²) in [6.07, 6.45) is 10.5. The molecule has 150 valence electrons. The van der Waals surface area contributed by atoms with E-state index in [1.54, 1.807) is 18.3 Å². The Morgan fingerprint density at radius 2 is 2.04 bits per heavy atom. The van der Waals surface area contributed by atoms with Crippen molar-refractivity contribution in [2.24, 2.45) is 11.3 Å². The van der Waals surface area contributed by atoms with Gasteiger partial charge in [0.25, 0.3) is 0 Å². The van der Waals surface area contributed by atoms with E-state index in [0.717, 1.165) is 56.9 Å². The van der Waals surface area contributed by atoms with Gasteiger partial charge in [-0.25, -0.2) is 9.78 Å². The highest BCUT2D eigenvalue weighted by molar-refractivity contribution is 5.68. The lowest BCUT2D eigenvalue weighted by Gasteiger charge is -2.52. The minimum Gasteiger partial charge on any atom is -0.492 e. The van der Waals surface area contributed by atoms with Crippen LogP contribution in [0.15, 0.2) is 18.3 Å². The lowest BCUT2D eigenvalue weighted by atomic mass is 9.56. The average Bonchev–Trinajstić information content (AvgIpc) is 3.41. The van der Waals surface area contributed by atoms with Gasteiger partial charge in [0, 0.05) is 13.1 Å². The third-order valence-corrected chi connectivity index (χ3v) is 6.69. The molecule has 1 saturated heterocycles. The summed E-state index contributed by atoms with van der Waals surface area (Å²) in [7, 11) is 0. The number of nitriles is 1. The first kappa shape index (κ1) is 19.0. The van der Waals surface area contributed by atoms with Gasteiger partial charge in [0.2, 0.25) is 0 Å². The molecule has 2 saturated carbocycles. The van der Waals surface area contributed by atoms with Gasteiger partial charge in [-0.2, -0.15) is 5.26 Å². The number of hydrogen-bond donors (Lipinski definition) is 0. The van der Waals surface area contributed by atoms with Crippen molar-refractivity contribution < 1.29 is 14.3 Å². The van der Waals surface area contributed by atoms with Gasteiger partial charge >= 0.3 is 6.09 Å². The van der Waals surface area contributed by atoms with Gasteiger partial charge in [0.1, 0.15) is 23.1 Å². The summed E-state index contributed by atoms with van der Waals surface area (Å²) in [5, 5.41) is 8.75. The van der Waals surface area contributed by atoms with E-state index < -0.39 is 0 Å². The van der Waals surface area contributed by atoms with E-state index in [2.05, 4.69) is 4.98 Å². The zero-order valence-electron chi connectivity index (χ0n) is 16.7. The van der Waals surface area contributed by atoms with Crippen molar-refractivity contribution in [2.75, 3.05) is 19.7 Å². The summed E-state index contributed by atoms with van der Waals surface area (Å²) >= 11 is 0. The van der Waals surface area contributed by atoms with Crippen LogP contribution in [0.5, 0.6) is 5.75 Å². The average molecular weight is 383 g/mol. The maximum Gasteiger partial charge on any atom is 0.410 e. The van der Waals surface area contributed by atoms with Crippen molar-refractivity contribution in [3.63, 3.8) is 0 Å². The molecule has 3 aliphatic rings. The number of ether oxygens (including phenoxy) is 2. The van der Waals surface area contributed by atoms with Crippen LogP contribution in [0.2, 0.25) is 0 Å². The summed E-state index contributed by atoms with van der Waals surface area (Å²) in [6.45, 7) is 4.40. The molecule has 6 nitrogen and oxygen atoms in total. The van der Waals surface area contributed by atoms with Gasteiger partial charge in [-0.05, 0) is 81.8 Å². The molecule has 0 aromatic carbocycles. The van der Waals surface area contributed by atoms with Crippen LogP contribution in [0.25, 0.3) is 0 Å². The van der Waals surface area contributed by atoms with E-state index in [0.29, 0.717) is 17.7 Å². The van der Waals surface area contributed by atoms with E-state index >= 15 is 0 Å². The van der Waals surface area contributed by atoms with Crippen LogP contribution in [-0.4, -0.2) is 41.3 Å². The van der Waals surface area contributed by atoms with E-state index in [1.807, 2.05) is 17.9 Å². The Kier molecular flexibility index (Phi) is 5.18. The number of piperidine rings is 1. The molecule has 0 N–H and O–H groups in total. The molecular weight excluding hydrogens is 354 g/mol. The normalized spacial score (nSPS) is 22.2. The van der Waals surface area contributed by atoms with Gasteiger partial charge in [0.15, 0.2) is 0 Å². The molecule has 3 fully saturated rings. The first-order chi connectivity index (χ1) is 13.5. The van der Waals surface area contributed by atoms with Gasteiger partial charge in [-0.15, -0.1) is 0 Å². The highest BCUT2D eigenvalue weighted by Gasteiger charge is 2.47. The summed E-state index contributed by atoms with van der Waals surface area (Å²) in [5.74, 6) is 1.51. The monoisotopic (exact) mass is 383 g/mol. The van der Waals surface area contributed by atoms with Gasteiger partial charge in [-0.3, -0.25) is 0 Å². The zero-order chi connectivity index (χ0) is 19.6. The van der Waals surface area contributed by atoms with Crippen molar-refractivity contribution >= 4 is 6.09 Å². The van der Waals surface area contributed by atoms with E-state index in [1.165, 1.54) is 19.3 Å². The fraction of sp³-hybridized carbons (Fsp3) is 0.682. The Balaban J connectivity index is 1.10. The van der Waals surface area contributed by atoms with Crippen LogP contribution >= 0.6 is 0 Å². The fourth-order valence-corrected chi connectivity index (χ4v) is 4.59. The molecular formula is C22H29N3O3. The molecule has 4 rings (SSSR count). The number of hydrogen-bond acceptors (Lipinski definition) is 5. The van der Waals surface area contributed by atoms with Crippen molar-refractivity contribution in [2.45, 2.75) is 63.9 Å². The van der Waals surface area contributed by atoms with Crippen LogP contribution in [0.4, 0.5) is 4.79 Å². The summed E-state index contributed by atoms with van der Waals surface area (Å²) < 4.78 is 11.3. The Morgan fingerprint density at radius 3 is 2.64 bits per heavy atom. The van der Waals surface area contributed by atoms with Gasteiger partial charge in [0.05, 0.1) is 12.8 Å². The lowest BCUT2D eigenvalue weighted by molar-refractivity contribution is -0.0231. The standard InChI is InChI=1S/C22H29N3O3/c1-21(6-7-21)28-20(26)25-10-8-22(9-11-25)13-17(14-22)3-2-12-27-19-5-4-18(15-23)24-16-19/h4-5,16-17H,2-3,6-14H2,1H3. The lowest BCUT2D eigenvalue weighted by Crippen LogP contribution is -2.49. The third-order valence-electron chi connectivity index (χ3n) is 6.69. The largest absolute Gasteiger partial charge is 0.492 e. The van der Waals surface area contributed by atoms with E-state index in [-0.39, 0.29) is 11.7 Å². The second-order valence-electron chi connectivity index (χ2n) is 9.06. The Labute approximate surface area is 166 Å². The molecule has 6 heteroatoms. The summed E-state index contributed by atoms with van der Waals surface area (Å²) in [4.78, 5) is 18.2. The molecule has 2 aliphatic carbocycles. The molecule has 1 spiro atoms. The maximum atomic E-state index is 12.2. The predicted octanol–water partition coefficient (Wildman–Crippen LogP) is 4.29. The van der Waals surface area contributed by atoms with Crippen LogP contribution in [0.3, 0.4) is 0 Å². The number of aromatic nitrogens is 1. The minimum absolute atomic E-state index is 0.111. The Morgan fingerprint density at radius 1 is 1.29 bits per heavy atom. The van der Waals surface area contributed by atoms with Crippen LogP contribution in [-0.2, 0) is 4.74 Å². The smallest absolute Gasteiger partial charge is 0.410 e. The molecule has 1 aromatic rings. The number of carbonyl (C=O) groups excluding carboxylic acids is 1. The first-order valence-corrected chi connectivity index (χ1v) is 10.5. The highest BCUT2D eigenvalue weighted by Crippen LogP contribution is 2.54. The number of pyridine rings is 1. The predicted molar refractivity (Wildman–Crippen MR) is 104 cm³/mol. The van der Waals surface area contributed by atoms with Crippen LogP contribution < -0.4 is 4.74 Å². The van der Waals surface area contributed by atoms with Gasteiger partial charge in [-0.1, -0.05) is 0 Å². The number of carbonyl (C=O) groups is 1. The molecule has 28 heavy (non-hydrogen) atoms. The highest BCUT2D eigenvalue weighted by atomic mass is 16.6. The van der Waals surface area contributed by atoms with E-state index in [4.69, 9.17) is 14.7 Å². The zero-order valence-corrected chi connectivity index (χ0v) is 16.7. The quantitative estimate of drug-likeness (QED) is 0.685. The second kappa shape index (κ2) is 7.62. The maximum absolute atomic E-state index is 12.2. The first-order valence-electron chi connectivity index (χ1n) is 10.5. The third kappa shape index (κ3) is 4.40.